The zero-order chi connectivity index (χ0) is 17.1. The van der Waals surface area contributed by atoms with Gasteiger partial charge in [0.2, 0.25) is 5.91 Å². The summed E-state index contributed by atoms with van der Waals surface area (Å²) in [4.78, 5) is 12.2. The first-order chi connectivity index (χ1) is 9.95. The van der Waals surface area contributed by atoms with Crippen LogP contribution >= 0.6 is 0 Å². The van der Waals surface area contributed by atoms with E-state index in [2.05, 4.69) is 5.32 Å². The van der Waals surface area contributed by atoms with E-state index in [-0.39, 0.29) is 16.6 Å². The molecule has 22 heavy (non-hydrogen) atoms. The molecule has 0 aromatic heterocycles. The number of hydrogen-bond acceptors (Lipinski definition) is 4. The Hall–Kier alpha value is -1.40. The number of nitrogens with one attached hydrogen (secondary N) is 1. The molecule has 0 heterocycles. The minimum atomic E-state index is -3.61. The second-order valence-electron chi connectivity index (χ2n) is 6.61. The summed E-state index contributed by atoms with van der Waals surface area (Å²) in [6.07, 6.45) is -0.947. The van der Waals surface area contributed by atoms with E-state index in [4.69, 9.17) is 0 Å². The standard InChI is InChI=1S/C16H25NO4S/c1-11(18)10-22(20,21)14-9-7-6-8-13(14)12(2)17-15(19)16(3,4)5/h6-9,11-12,18H,10H2,1-5H3,(H,17,19)/t11-,12+/m0/s1. The van der Waals surface area contributed by atoms with Gasteiger partial charge in [0.25, 0.3) is 0 Å². The number of sulfone groups is 1. The van der Waals surface area contributed by atoms with Gasteiger partial charge in [0, 0.05) is 5.41 Å². The Morgan fingerprint density at radius 3 is 2.27 bits per heavy atom. The van der Waals surface area contributed by atoms with Crippen LogP contribution in [-0.2, 0) is 14.6 Å². The predicted molar refractivity (Wildman–Crippen MR) is 86.2 cm³/mol. The maximum Gasteiger partial charge on any atom is 0.225 e. The van der Waals surface area contributed by atoms with Crippen molar-refractivity contribution in [3.63, 3.8) is 0 Å². The van der Waals surface area contributed by atoms with Crippen molar-refractivity contribution in [1.29, 1.82) is 0 Å². The molecule has 0 aliphatic carbocycles. The van der Waals surface area contributed by atoms with Crippen molar-refractivity contribution >= 4 is 15.7 Å². The zero-order valence-electron chi connectivity index (χ0n) is 13.8. The van der Waals surface area contributed by atoms with E-state index in [1.54, 1.807) is 45.9 Å². The molecule has 2 atom stereocenters. The number of carbonyl (C=O) groups is 1. The first-order valence-corrected chi connectivity index (χ1v) is 8.91. The lowest BCUT2D eigenvalue weighted by Gasteiger charge is -2.23. The maximum absolute atomic E-state index is 12.4. The topological polar surface area (TPSA) is 83.5 Å². The molecule has 1 rings (SSSR count). The van der Waals surface area contributed by atoms with E-state index in [0.29, 0.717) is 5.56 Å². The summed E-state index contributed by atoms with van der Waals surface area (Å²) in [6, 6.07) is 6.12. The Balaban J connectivity index is 3.14. The van der Waals surface area contributed by atoms with E-state index in [0.717, 1.165) is 0 Å². The molecule has 0 radical (unpaired) electrons. The lowest BCUT2D eigenvalue weighted by Crippen LogP contribution is -2.37. The highest BCUT2D eigenvalue weighted by Gasteiger charge is 2.27. The summed E-state index contributed by atoms with van der Waals surface area (Å²) in [7, 11) is -3.61. The van der Waals surface area contributed by atoms with Crippen LogP contribution in [0.5, 0.6) is 0 Å². The second kappa shape index (κ2) is 6.79. The molecular formula is C16H25NO4S. The molecule has 0 aliphatic heterocycles. The normalized spacial score (nSPS) is 15.2. The summed E-state index contributed by atoms with van der Waals surface area (Å²) in [5, 5.41) is 12.2. The first kappa shape index (κ1) is 18.6. The van der Waals surface area contributed by atoms with Crippen molar-refractivity contribution in [2.75, 3.05) is 5.75 Å². The van der Waals surface area contributed by atoms with Crippen molar-refractivity contribution in [2.45, 2.75) is 51.7 Å². The van der Waals surface area contributed by atoms with Gasteiger partial charge in [-0.15, -0.1) is 0 Å². The van der Waals surface area contributed by atoms with Crippen LogP contribution in [0, 0.1) is 5.41 Å². The Bertz CT molecular complexity index is 630. The Labute approximate surface area is 132 Å². The third-order valence-corrected chi connectivity index (χ3v) is 5.17. The number of aliphatic hydroxyl groups is 1. The molecule has 124 valence electrons. The summed E-state index contributed by atoms with van der Waals surface area (Å²) >= 11 is 0. The Morgan fingerprint density at radius 1 is 1.23 bits per heavy atom. The van der Waals surface area contributed by atoms with Crippen molar-refractivity contribution in [3.8, 4) is 0 Å². The maximum atomic E-state index is 12.4. The fraction of sp³-hybridized carbons (Fsp3) is 0.562. The zero-order valence-corrected chi connectivity index (χ0v) is 14.6. The summed E-state index contributed by atoms with van der Waals surface area (Å²) in [5.41, 5.74) is -0.0254. The molecule has 6 heteroatoms. The molecule has 0 unspecified atom stereocenters. The highest BCUT2D eigenvalue weighted by Crippen LogP contribution is 2.25. The fourth-order valence-corrected chi connectivity index (χ4v) is 3.72. The summed E-state index contributed by atoms with van der Waals surface area (Å²) in [6.45, 7) is 8.58. The van der Waals surface area contributed by atoms with Crippen molar-refractivity contribution in [3.05, 3.63) is 29.8 Å². The van der Waals surface area contributed by atoms with Gasteiger partial charge >= 0.3 is 0 Å². The fourth-order valence-electron chi connectivity index (χ4n) is 2.02. The Kier molecular flexibility index (Phi) is 5.76. The largest absolute Gasteiger partial charge is 0.392 e. The quantitative estimate of drug-likeness (QED) is 0.867. The molecule has 5 nitrogen and oxygen atoms in total. The monoisotopic (exact) mass is 327 g/mol. The number of aliphatic hydroxyl groups excluding tert-OH is 1. The SMILES string of the molecule is C[C@H](O)CS(=O)(=O)c1ccccc1[C@@H](C)NC(=O)C(C)(C)C. The third kappa shape index (κ3) is 4.81. The van der Waals surface area contributed by atoms with Crippen LogP contribution in [-0.4, -0.2) is 31.3 Å². The first-order valence-electron chi connectivity index (χ1n) is 7.26. The van der Waals surface area contributed by atoms with E-state index in [1.165, 1.54) is 13.0 Å². The van der Waals surface area contributed by atoms with E-state index in [1.807, 2.05) is 0 Å². The van der Waals surface area contributed by atoms with Gasteiger partial charge in [-0.1, -0.05) is 39.0 Å². The average Bonchev–Trinajstić information content (AvgIpc) is 2.36. The van der Waals surface area contributed by atoms with Crippen molar-refractivity contribution in [2.24, 2.45) is 5.41 Å². The second-order valence-corrected chi connectivity index (χ2v) is 8.62. The van der Waals surface area contributed by atoms with Gasteiger partial charge in [-0.2, -0.15) is 0 Å². The summed E-state index contributed by atoms with van der Waals surface area (Å²) in [5.74, 6) is -0.494. The van der Waals surface area contributed by atoms with Crippen LogP contribution in [0.25, 0.3) is 0 Å². The predicted octanol–water partition coefficient (Wildman–Crippen LogP) is 2.06. The summed E-state index contributed by atoms with van der Waals surface area (Å²) < 4.78 is 24.8. The number of benzene rings is 1. The molecule has 0 spiro atoms. The van der Waals surface area contributed by atoms with Crippen LogP contribution in [0.1, 0.15) is 46.2 Å². The Morgan fingerprint density at radius 2 is 1.77 bits per heavy atom. The highest BCUT2D eigenvalue weighted by atomic mass is 32.2. The molecule has 2 N–H and O–H groups in total. The van der Waals surface area contributed by atoms with Crippen LogP contribution in [0.15, 0.2) is 29.2 Å². The van der Waals surface area contributed by atoms with E-state index < -0.39 is 27.4 Å². The van der Waals surface area contributed by atoms with Gasteiger partial charge in [0.15, 0.2) is 9.84 Å². The molecule has 0 saturated heterocycles. The molecule has 0 bridgehead atoms. The van der Waals surface area contributed by atoms with Gasteiger partial charge in [-0.3, -0.25) is 4.79 Å². The van der Waals surface area contributed by atoms with Crippen LogP contribution < -0.4 is 5.32 Å². The third-order valence-electron chi connectivity index (χ3n) is 3.21. The minimum absolute atomic E-state index is 0.150. The van der Waals surface area contributed by atoms with E-state index >= 15 is 0 Å². The minimum Gasteiger partial charge on any atom is -0.392 e. The lowest BCUT2D eigenvalue weighted by atomic mass is 9.94. The molecule has 1 aromatic carbocycles. The van der Waals surface area contributed by atoms with Crippen LogP contribution in [0.3, 0.4) is 0 Å². The van der Waals surface area contributed by atoms with Gasteiger partial charge in [0.05, 0.1) is 22.8 Å². The number of amides is 1. The van der Waals surface area contributed by atoms with Crippen molar-refractivity contribution in [1.82, 2.24) is 5.32 Å². The molecule has 0 aliphatic rings. The molecule has 0 saturated carbocycles. The lowest BCUT2D eigenvalue weighted by molar-refractivity contribution is -0.129. The smallest absolute Gasteiger partial charge is 0.225 e. The molecule has 1 aromatic rings. The number of carbonyl (C=O) groups excluding carboxylic acids is 1. The number of rotatable bonds is 5. The van der Waals surface area contributed by atoms with Crippen molar-refractivity contribution < 1.29 is 18.3 Å². The molecular weight excluding hydrogens is 302 g/mol. The van der Waals surface area contributed by atoms with Gasteiger partial charge in [-0.05, 0) is 25.5 Å². The van der Waals surface area contributed by atoms with Crippen LogP contribution in [0.2, 0.25) is 0 Å². The molecule has 0 fully saturated rings. The highest BCUT2D eigenvalue weighted by molar-refractivity contribution is 7.91. The van der Waals surface area contributed by atoms with Gasteiger partial charge in [-0.25, -0.2) is 8.42 Å². The molecule has 1 amide bonds. The van der Waals surface area contributed by atoms with Gasteiger partial charge in [0.1, 0.15) is 0 Å². The number of hydrogen-bond donors (Lipinski definition) is 2. The van der Waals surface area contributed by atoms with Gasteiger partial charge < -0.3 is 10.4 Å². The van der Waals surface area contributed by atoms with Crippen LogP contribution in [0.4, 0.5) is 0 Å². The average molecular weight is 327 g/mol. The van der Waals surface area contributed by atoms with E-state index in [9.17, 15) is 18.3 Å².